The number of benzene rings is 2. The zero-order valence-corrected chi connectivity index (χ0v) is 13.7. The minimum atomic E-state index is -1.07. The second kappa shape index (κ2) is 6.22. The highest BCUT2D eigenvalue weighted by Crippen LogP contribution is 2.29. The van der Waals surface area contributed by atoms with Crippen LogP contribution in [0.1, 0.15) is 21.6 Å². The minimum Gasteiger partial charge on any atom is -0.476 e. The molecule has 0 aliphatic heterocycles. The average molecular weight is 342 g/mol. The van der Waals surface area contributed by atoms with Crippen molar-refractivity contribution in [3.8, 4) is 6.07 Å². The number of imidazole rings is 1. The Bertz CT molecular complexity index is 1170. The van der Waals surface area contributed by atoms with Gasteiger partial charge in [-0.25, -0.2) is 9.78 Å². The number of nitrogens with one attached hydrogen (secondary N) is 1. The monoisotopic (exact) mass is 342 g/mol. The highest BCUT2D eigenvalue weighted by atomic mass is 16.4. The van der Waals surface area contributed by atoms with E-state index < -0.39 is 5.97 Å². The van der Waals surface area contributed by atoms with E-state index in [0.29, 0.717) is 17.8 Å². The number of carboxylic acid groups (broad SMARTS) is 1. The number of nitrogens with zero attached hydrogens (tertiary/aromatic N) is 3. The Morgan fingerprint density at radius 3 is 2.69 bits per heavy atom. The van der Waals surface area contributed by atoms with Crippen LogP contribution in [0, 0.1) is 11.3 Å². The van der Waals surface area contributed by atoms with E-state index in [4.69, 9.17) is 0 Å². The van der Waals surface area contributed by atoms with Crippen molar-refractivity contribution in [3.05, 3.63) is 77.6 Å². The molecule has 2 N–H and O–H groups in total. The average Bonchev–Trinajstić information content (AvgIpc) is 3.11. The fourth-order valence-electron chi connectivity index (χ4n) is 3.02. The molecule has 0 aliphatic rings. The Labute approximate surface area is 149 Å². The van der Waals surface area contributed by atoms with E-state index in [1.54, 1.807) is 16.5 Å². The van der Waals surface area contributed by atoms with E-state index in [1.165, 1.54) is 6.20 Å². The van der Waals surface area contributed by atoms with Gasteiger partial charge in [0.1, 0.15) is 11.7 Å². The summed E-state index contributed by atoms with van der Waals surface area (Å²) in [5.41, 5.74) is 3.68. The summed E-state index contributed by atoms with van der Waals surface area (Å²) in [5, 5.41) is 22.8. The number of aromatic nitrogens is 2. The van der Waals surface area contributed by atoms with Crippen molar-refractivity contribution in [1.29, 1.82) is 5.26 Å². The summed E-state index contributed by atoms with van der Waals surface area (Å²) >= 11 is 0. The molecule has 6 heteroatoms. The maximum Gasteiger partial charge on any atom is 0.356 e. The molecule has 0 saturated carbocycles. The first kappa shape index (κ1) is 15.7. The Morgan fingerprint density at radius 1 is 1.15 bits per heavy atom. The van der Waals surface area contributed by atoms with Crippen LogP contribution in [0.3, 0.4) is 0 Å². The summed E-state index contributed by atoms with van der Waals surface area (Å²) in [6.07, 6.45) is 1.49. The molecule has 2 aromatic carbocycles. The van der Waals surface area contributed by atoms with Gasteiger partial charge in [-0.2, -0.15) is 5.26 Å². The van der Waals surface area contributed by atoms with Gasteiger partial charge in [0.15, 0.2) is 5.69 Å². The number of carbonyl (C=O) groups is 1. The second-order valence-electron chi connectivity index (χ2n) is 5.86. The highest BCUT2D eigenvalue weighted by molar-refractivity contribution is 5.97. The minimum absolute atomic E-state index is 0.0133. The van der Waals surface area contributed by atoms with Crippen molar-refractivity contribution in [1.82, 2.24) is 9.38 Å². The fraction of sp³-hybridized carbons (Fsp3) is 0.0500. The standard InChI is InChI=1S/C20H14N4O2/c21-10-14-6-8-17-15(19(14)22-11-13-4-2-1-3-5-13)7-9-18-23-16(20(25)26)12-24(17)18/h1-9,12,22H,11H2,(H,25,26). The van der Waals surface area contributed by atoms with Gasteiger partial charge in [-0.15, -0.1) is 0 Å². The van der Waals surface area contributed by atoms with E-state index >= 15 is 0 Å². The zero-order chi connectivity index (χ0) is 18.1. The van der Waals surface area contributed by atoms with Gasteiger partial charge in [0.2, 0.25) is 0 Å². The third-order valence-electron chi connectivity index (χ3n) is 4.27. The lowest BCUT2D eigenvalue weighted by Crippen LogP contribution is -2.03. The lowest BCUT2D eigenvalue weighted by molar-refractivity contribution is 0.0691. The smallest absolute Gasteiger partial charge is 0.356 e. The normalized spacial score (nSPS) is 10.7. The number of nitriles is 1. The van der Waals surface area contributed by atoms with E-state index in [-0.39, 0.29) is 5.69 Å². The molecule has 0 fully saturated rings. The summed E-state index contributed by atoms with van der Waals surface area (Å²) in [5.74, 6) is -1.07. The quantitative estimate of drug-likeness (QED) is 0.590. The van der Waals surface area contributed by atoms with Crippen LogP contribution < -0.4 is 5.32 Å². The first-order chi connectivity index (χ1) is 12.7. The molecule has 126 valence electrons. The molecule has 0 bridgehead atoms. The predicted molar refractivity (Wildman–Crippen MR) is 98.1 cm³/mol. The summed E-state index contributed by atoms with van der Waals surface area (Å²) in [4.78, 5) is 15.3. The number of aromatic carboxylic acids is 1. The molecule has 0 radical (unpaired) electrons. The van der Waals surface area contributed by atoms with Gasteiger partial charge in [0, 0.05) is 18.1 Å². The summed E-state index contributed by atoms with van der Waals surface area (Å²) in [6.45, 7) is 0.580. The van der Waals surface area contributed by atoms with Crippen molar-refractivity contribution in [2.75, 3.05) is 5.32 Å². The molecule has 6 nitrogen and oxygen atoms in total. The number of hydrogen-bond acceptors (Lipinski definition) is 4. The molecular weight excluding hydrogens is 328 g/mol. The maximum atomic E-state index is 11.2. The number of fused-ring (bicyclic) bond motifs is 3. The maximum absolute atomic E-state index is 11.2. The Hall–Kier alpha value is -3.85. The van der Waals surface area contributed by atoms with Gasteiger partial charge < -0.3 is 10.4 Å². The van der Waals surface area contributed by atoms with Crippen LogP contribution in [0.4, 0.5) is 5.69 Å². The van der Waals surface area contributed by atoms with Gasteiger partial charge in [0.25, 0.3) is 0 Å². The lowest BCUT2D eigenvalue weighted by Gasteiger charge is -2.13. The van der Waals surface area contributed by atoms with Crippen molar-refractivity contribution < 1.29 is 9.90 Å². The summed E-state index contributed by atoms with van der Waals surface area (Å²) in [6, 6.07) is 19.3. The van der Waals surface area contributed by atoms with E-state index in [9.17, 15) is 15.2 Å². The molecule has 0 amide bonds. The first-order valence-corrected chi connectivity index (χ1v) is 8.03. The molecule has 4 aromatic rings. The van der Waals surface area contributed by atoms with Crippen molar-refractivity contribution in [3.63, 3.8) is 0 Å². The van der Waals surface area contributed by atoms with E-state index in [1.807, 2.05) is 42.5 Å². The molecule has 0 aliphatic carbocycles. The summed E-state index contributed by atoms with van der Waals surface area (Å²) < 4.78 is 1.73. The fourth-order valence-corrected chi connectivity index (χ4v) is 3.02. The third-order valence-corrected chi connectivity index (χ3v) is 4.27. The number of anilines is 1. The molecule has 2 aromatic heterocycles. The van der Waals surface area contributed by atoms with E-state index in [2.05, 4.69) is 16.4 Å². The second-order valence-corrected chi connectivity index (χ2v) is 5.86. The number of rotatable bonds is 4. The lowest BCUT2D eigenvalue weighted by atomic mass is 10.1. The summed E-state index contributed by atoms with van der Waals surface area (Å²) in [7, 11) is 0. The van der Waals surface area contributed by atoms with E-state index in [0.717, 1.165) is 22.2 Å². The van der Waals surface area contributed by atoms with Crippen LogP contribution >= 0.6 is 0 Å². The predicted octanol–water partition coefficient (Wildman–Crippen LogP) is 3.67. The molecule has 0 spiro atoms. The molecule has 0 unspecified atom stereocenters. The van der Waals surface area contributed by atoms with Crippen LogP contribution in [0.15, 0.2) is 60.8 Å². The molecule has 2 heterocycles. The molecule has 4 rings (SSSR count). The third kappa shape index (κ3) is 2.62. The Kier molecular flexibility index (Phi) is 3.75. The van der Waals surface area contributed by atoms with Gasteiger partial charge >= 0.3 is 5.97 Å². The van der Waals surface area contributed by atoms with Crippen LogP contribution in [-0.4, -0.2) is 20.5 Å². The number of pyridine rings is 1. The molecular formula is C20H14N4O2. The highest BCUT2D eigenvalue weighted by Gasteiger charge is 2.14. The van der Waals surface area contributed by atoms with Gasteiger partial charge in [-0.3, -0.25) is 4.40 Å². The number of carboxylic acids is 1. The molecule has 0 saturated heterocycles. The topological polar surface area (TPSA) is 90.4 Å². The van der Waals surface area contributed by atoms with Crippen LogP contribution in [0.2, 0.25) is 0 Å². The van der Waals surface area contributed by atoms with Crippen LogP contribution in [0.25, 0.3) is 16.6 Å². The molecule has 0 atom stereocenters. The van der Waals surface area contributed by atoms with Crippen molar-refractivity contribution >= 4 is 28.2 Å². The zero-order valence-electron chi connectivity index (χ0n) is 13.7. The largest absolute Gasteiger partial charge is 0.476 e. The van der Waals surface area contributed by atoms with Crippen molar-refractivity contribution in [2.24, 2.45) is 0 Å². The van der Waals surface area contributed by atoms with Gasteiger partial charge in [0.05, 0.1) is 16.8 Å². The van der Waals surface area contributed by atoms with Crippen LogP contribution in [0.5, 0.6) is 0 Å². The Balaban J connectivity index is 1.85. The van der Waals surface area contributed by atoms with Gasteiger partial charge in [-0.1, -0.05) is 30.3 Å². The first-order valence-electron chi connectivity index (χ1n) is 8.03. The molecule has 26 heavy (non-hydrogen) atoms. The number of hydrogen-bond donors (Lipinski definition) is 2. The van der Waals surface area contributed by atoms with Gasteiger partial charge in [-0.05, 0) is 29.8 Å². The van der Waals surface area contributed by atoms with Crippen molar-refractivity contribution in [2.45, 2.75) is 6.54 Å². The SMILES string of the molecule is N#Cc1ccc2c(ccc3nc(C(=O)O)cn32)c1NCc1ccccc1. The Morgan fingerprint density at radius 2 is 1.96 bits per heavy atom. The van der Waals surface area contributed by atoms with Crippen LogP contribution in [-0.2, 0) is 6.54 Å².